The lowest BCUT2D eigenvalue weighted by Gasteiger charge is -2.18. The Labute approximate surface area is 168 Å². The zero-order valence-electron chi connectivity index (χ0n) is 15.1. The van der Waals surface area contributed by atoms with E-state index in [1.807, 2.05) is 24.4 Å². The molecule has 140 valence electrons. The number of nitrogens with zero attached hydrogens (tertiary/aromatic N) is 4. The lowest BCUT2D eigenvalue weighted by molar-refractivity contribution is -0.119. The first-order valence-corrected chi connectivity index (χ1v) is 10.6. The number of thiazole rings is 1. The third-order valence-corrected chi connectivity index (χ3v) is 6.54. The Morgan fingerprint density at radius 2 is 2.14 bits per heavy atom. The van der Waals surface area contributed by atoms with Crippen molar-refractivity contribution in [1.29, 1.82) is 0 Å². The SMILES string of the molecule is Cc1nc(-c2ccc3c(c2)CCN3C(=O)Cn2cnc3sccc3c2=O)cs1. The van der Waals surface area contributed by atoms with E-state index in [9.17, 15) is 9.59 Å². The van der Waals surface area contributed by atoms with E-state index in [1.54, 1.807) is 22.3 Å². The molecule has 0 unspecified atom stereocenters. The van der Waals surface area contributed by atoms with Gasteiger partial charge >= 0.3 is 0 Å². The third kappa shape index (κ3) is 2.85. The number of hydrogen-bond acceptors (Lipinski definition) is 6. The first kappa shape index (κ1) is 17.3. The Kier molecular flexibility index (Phi) is 4.10. The molecular formula is C20H16N4O2S2. The topological polar surface area (TPSA) is 68.1 Å². The van der Waals surface area contributed by atoms with Crippen LogP contribution in [0.1, 0.15) is 10.6 Å². The van der Waals surface area contributed by atoms with Crippen LogP contribution < -0.4 is 10.5 Å². The van der Waals surface area contributed by atoms with Crippen LogP contribution in [0.5, 0.6) is 0 Å². The number of aryl methyl sites for hydroxylation is 1. The summed E-state index contributed by atoms with van der Waals surface area (Å²) in [5.41, 5.74) is 3.92. The average Bonchev–Trinajstić information content (AvgIpc) is 3.42. The van der Waals surface area contributed by atoms with Crippen LogP contribution in [-0.2, 0) is 17.8 Å². The number of fused-ring (bicyclic) bond motifs is 2. The number of aromatic nitrogens is 3. The molecule has 0 saturated heterocycles. The van der Waals surface area contributed by atoms with Gasteiger partial charge in [0.1, 0.15) is 11.4 Å². The predicted octanol–water partition coefficient (Wildman–Crippen LogP) is 3.48. The van der Waals surface area contributed by atoms with Crippen molar-refractivity contribution in [3.8, 4) is 11.3 Å². The highest BCUT2D eigenvalue weighted by Crippen LogP contribution is 2.33. The van der Waals surface area contributed by atoms with Gasteiger partial charge in [0.25, 0.3) is 5.56 Å². The number of anilines is 1. The number of benzene rings is 1. The molecule has 0 bridgehead atoms. The Balaban J connectivity index is 1.41. The van der Waals surface area contributed by atoms with Gasteiger partial charge < -0.3 is 4.90 Å². The number of amides is 1. The lowest BCUT2D eigenvalue weighted by Crippen LogP contribution is -2.35. The average molecular weight is 409 g/mol. The van der Waals surface area contributed by atoms with Crippen LogP contribution >= 0.6 is 22.7 Å². The Morgan fingerprint density at radius 3 is 2.96 bits per heavy atom. The minimum absolute atomic E-state index is 0.00983. The second-order valence-corrected chi connectivity index (χ2v) is 8.66. The van der Waals surface area contributed by atoms with Crippen LogP contribution in [0.3, 0.4) is 0 Å². The highest BCUT2D eigenvalue weighted by atomic mass is 32.1. The maximum Gasteiger partial charge on any atom is 0.262 e. The lowest BCUT2D eigenvalue weighted by atomic mass is 10.1. The smallest absolute Gasteiger partial charge is 0.262 e. The Hall–Kier alpha value is -2.84. The summed E-state index contributed by atoms with van der Waals surface area (Å²) >= 11 is 3.05. The van der Waals surface area contributed by atoms with Gasteiger partial charge in [0.05, 0.1) is 22.4 Å². The molecule has 0 saturated carbocycles. The molecular weight excluding hydrogens is 392 g/mol. The number of hydrogen-bond donors (Lipinski definition) is 0. The number of carbonyl (C=O) groups is 1. The number of carbonyl (C=O) groups excluding carboxylic acids is 1. The number of thiophene rings is 1. The minimum atomic E-state index is -0.173. The largest absolute Gasteiger partial charge is 0.310 e. The Morgan fingerprint density at radius 1 is 1.25 bits per heavy atom. The summed E-state index contributed by atoms with van der Waals surface area (Å²) in [6.07, 6.45) is 2.26. The molecule has 4 heterocycles. The molecule has 6 nitrogen and oxygen atoms in total. The van der Waals surface area contributed by atoms with Crippen molar-refractivity contribution in [1.82, 2.24) is 14.5 Å². The molecule has 0 aliphatic carbocycles. The monoisotopic (exact) mass is 408 g/mol. The molecule has 0 fully saturated rings. The molecule has 0 atom stereocenters. The second kappa shape index (κ2) is 6.65. The summed E-state index contributed by atoms with van der Waals surface area (Å²) in [7, 11) is 0. The van der Waals surface area contributed by atoms with Gasteiger partial charge in [-0.3, -0.25) is 14.2 Å². The summed E-state index contributed by atoms with van der Waals surface area (Å²) in [5.74, 6) is -0.102. The van der Waals surface area contributed by atoms with Gasteiger partial charge in [0.15, 0.2) is 0 Å². The van der Waals surface area contributed by atoms with Crippen molar-refractivity contribution in [3.63, 3.8) is 0 Å². The fourth-order valence-electron chi connectivity index (χ4n) is 3.55. The molecule has 1 aromatic carbocycles. The third-order valence-electron chi connectivity index (χ3n) is 4.95. The normalized spacial score (nSPS) is 13.2. The van der Waals surface area contributed by atoms with E-state index in [0.29, 0.717) is 16.8 Å². The predicted molar refractivity (Wildman–Crippen MR) is 112 cm³/mol. The highest BCUT2D eigenvalue weighted by Gasteiger charge is 2.25. The first-order chi connectivity index (χ1) is 13.6. The van der Waals surface area contributed by atoms with Crippen molar-refractivity contribution in [2.45, 2.75) is 19.9 Å². The van der Waals surface area contributed by atoms with Gasteiger partial charge in [-0.15, -0.1) is 22.7 Å². The van der Waals surface area contributed by atoms with E-state index in [2.05, 4.69) is 21.4 Å². The summed E-state index contributed by atoms with van der Waals surface area (Å²) in [4.78, 5) is 36.7. The van der Waals surface area contributed by atoms with Crippen LogP contribution in [0, 0.1) is 6.92 Å². The zero-order valence-corrected chi connectivity index (χ0v) is 16.7. The quantitative estimate of drug-likeness (QED) is 0.520. The van der Waals surface area contributed by atoms with Crippen LogP contribution in [0.4, 0.5) is 5.69 Å². The van der Waals surface area contributed by atoms with E-state index in [4.69, 9.17) is 0 Å². The van der Waals surface area contributed by atoms with Gasteiger partial charge in [0.2, 0.25) is 5.91 Å². The minimum Gasteiger partial charge on any atom is -0.310 e. The van der Waals surface area contributed by atoms with E-state index >= 15 is 0 Å². The van der Waals surface area contributed by atoms with Crippen molar-refractivity contribution in [2.24, 2.45) is 0 Å². The second-order valence-electron chi connectivity index (χ2n) is 6.71. The van der Waals surface area contributed by atoms with E-state index in [0.717, 1.165) is 33.9 Å². The van der Waals surface area contributed by atoms with Crippen LogP contribution in [-0.4, -0.2) is 27.0 Å². The molecule has 0 radical (unpaired) electrons. The maximum absolute atomic E-state index is 12.9. The van der Waals surface area contributed by atoms with Gasteiger partial charge in [0, 0.05) is 23.2 Å². The van der Waals surface area contributed by atoms with Crippen molar-refractivity contribution >= 4 is 44.5 Å². The number of rotatable bonds is 3. The molecule has 3 aromatic heterocycles. The molecule has 0 spiro atoms. The molecule has 28 heavy (non-hydrogen) atoms. The van der Waals surface area contributed by atoms with Crippen molar-refractivity contribution in [3.05, 3.63) is 62.3 Å². The van der Waals surface area contributed by atoms with Crippen LogP contribution in [0.25, 0.3) is 21.5 Å². The van der Waals surface area contributed by atoms with Gasteiger partial charge in [-0.25, -0.2) is 9.97 Å². The van der Waals surface area contributed by atoms with Gasteiger partial charge in [-0.05, 0) is 42.5 Å². The summed E-state index contributed by atoms with van der Waals surface area (Å²) < 4.78 is 1.39. The highest BCUT2D eigenvalue weighted by molar-refractivity contribution is 7.16. The standard InChI is InChI=1S/C20H16N4O2S2/c1-12-22-16(10-28-12)13-2-3-17-14(8-13)4-6-24(17)18(25)9-23-11-21-19-15(20(23)26)5-7-27-19/h2-3,5,7-8,10-11H,4,6,9H2,1H3. The Bertz CT molecular complexity index is 1270. The molecule has 1 aliphatic rings. The summed E-state index contributed by atoms with van der Waals surface area (Å²) in [6, 6.07) is 7.85. The fourth-order valence-corrected chi connectivity index (χ4v) is 4.90. The molecule has 1 amide bonds. The molecule has 0 N–H and O–H groups in total. The van der Waals surface area contributed by atoms with Crippen LogP contribution in [0.2, 0.25) is 0 Å². The fraction of sp³-hybridized carbons (Fsp3) is 0.200. The van der Waals surface area contributed by atoms with Gasteiger partial charge in [-0.2, -0.15) is 0 Å². The molecule has 8 heteroatoms. The summed E-state index contributed by atoms with van der Waals surface area (Å²) in [5, 5.41) is 5.48. The molecule has 5 rings (SSSR count). The van der Waals surface area contributed by atoms with Crippen LogP contribution in [0.15, 0.2) is 46.1 Å². The zero-order chi connectivity index (χ0) is 19.3. The molecule has 1 aliphatic heterocycles. The molecule has 4 aromatic rings. The van der Waals surface area contributed by atoms with Gasteiger partial charge in [-0.1, -0.05) is 6.07 Å². The van der Waals surface area contributed by atoms with Crippen molar-refractivity contribution < 1.29 is 4.79 Å². The van der Waals surface area contributed by atoms with E-state index in [1.165, 1.54) is 22.2 Å². The summed E-state index contributed by atoms with van der Waals surface area (Å²) in [6.45, 7) is 2.60. The maximum atomic E-state index is 12.9. The first-order valence-electron chi connectivity index (χ1n) is 8.88. The van der Waals surface area contributed by atoms with E-state index in [-0.39, 0.29) is 18.0 Å². The van der Waals surface area contributed by atoms with E-state index < -0.39 is 0 Å². The van der Waals surface area contributed by atoms with Crippen molar-refractivity contribution in [2.75, 3.05) is 11.4 Å².